The fraction of sp³-hybridized carbons (Fsp3) is 0.600. The van der Waals surface area contributed by atoms with Crippen molar-refractivity contribution in [3.63, 3.8) is 0 Å². The van der Waals surface area contributed by atoms with Crippen molar-refractivity contribution in [2.45, 2.75) is 64.3 Å². The van der Waals surface area contributed by atoms with E-state index in [4.69, 9.17) is 4.74 Å². The number of hydrogen-bond donors (Lipinski definition) is 1. The number of carbonyl (C=O) groups is 1. The van der Waals surface area contributed by atoms with Crippen molar-refractivity contribution in [2.75, 3.05) is 6.61 Å². The van der Waals surface area contributed by atoms with Crippen LogP contribution in [0.15, 0.2) is 23.3 Å². The molecule has 0 bridgehead atoms. The molecule has 1 aliphatic heterocycles. The number of carbonyl (C=O) groups excluding carboxylic acids is 1. The quantitative estimate of drug-likeness (QED) is 0.829. The van der Waals surface area contributed by atoms with E-state index >= 15 is 0 Å². The minimum atomic E-state index is -5.01. The standard InChI is InChI=1S/C20H25F3N2O3/c1-12(2)14-9-8-13(3)10-17(14)28-11-18(26)25-19(27,20(21,22)23)15-6-4-5-7-16(15)24-25/h8-10,12,15,27H,4-7,11H2,1-3H3/t15-,19-/m0/s1. The minimum absolute atomic E-state index is 0.118. The summed E-state index contributed by atoms with van der Waals surface area (Å²) < 4.78 is 46.8. The first-order valence-corrected chi connectivity index (χ1v) is 9.48. The zero-order valence-corrected chi connectivity index (χ0v) is 16.2. The number of alkyl halides is 3. The van der Waals surface area contributed by atoms with Gasteiger partial charge in [-0.15, -0.1) is 0 Å². The van der Waals surface area contributed by atoms with Crippen molar-refractivity contribution in [3.05, 3.63) is 29.3 Å². The molecule has 2 aliphatic rings. The lowest BCUT2D eigenvalue weighted by atomic mass is 9.80. The number of halogens is 3. The van der Waals surface area contributed by atoms with Crippen LogP contribution in [0.4, 0.5) is 13.2 Å². The summed E-state index contributed by atoms with van der Waals surface area (Å²) in [6.07, 6.45) is -3.26. The zero-order chi connectivity index (χ0) is 20.7. The van der Waals surface area contributed by atoms with Gasteiger partial charge in [0.15, 0.2) is 6.61 Å². The maximum absolute atomic E-state index is 13.8. The third-order valence-corrected chi connectivity index (χ3v) is 5.41. The Balaban J connectivity index is 1.84. The Morgan fingerprint density at radius 1 is 1.39 bits per heavy atom. The maximum Gasteiger partial charge on any atom is 0.439 e. The van der Waals surface area contributed by atoms with Crippen LogP contribution in [0.2, 0.25) is 0 Å². The van der Waals surface area contributed by atoms with Gasteiger partial charge in [0.2, 0.25) is 0 Å². The van der Waals surface area contributed by atoms with Gasteiger partial charge >= 0.3 is 6.18 Å². The van der Waals surface area contributed by atoms with Gasteiger partial charge in [0.25, 0.3) is 11.6 Å². The third-order valence-electron chi connectivity index (χ3n) is 5.41. The normalized spacial score (nSPS) is 24.9. The molecule has 0 aromatic heterocycles. The number of aliphatic hydroxyl groups is 1. The largest absolute Gasteiger partial charge is 0.483 e. The first-order valence-electron chi connectivity index (χ1n) is 9.48. The van der Waals surface area contributed by atoms with Crippen molar-refractivity contribution in [2.24, 2.45) is 11.0 Å². The van der Waals surface area contributed by atoms with Crippen molar-refractivity contribution in [1.29, 1.82) is 0 Å². The summed E-state index contributed by atoms with van der Waals surface area (Å²) in [5.41, 5.74) is -1.31. The van der Waals surface area contributed by atoms with Gasteiger partial charge in [-0.05, 0) is 49.3 Å². The predicted octanol–water partition coefficient (Wildman–Crippen LogP) is 4.14. The smallest absolute Gasteiger partial charge is 0.439 e. The maximum atomic E-state index is 13.8. The van der Waals surface area contributed by atoms with Crippen LogP contribution in [-0.2, 0) is 4.79 Å². The molecule has 8 heteroatoms. The summed E-state index contributed by atoms with van der Waals surface area (Å²) in [6.45, 7) is 5.14. The van der Waals surface area contributed by atoms with Crippen LogP contribution in [0.1, 0.15) is 56.6 Å². The van der Waals surface area contributed by atoms with Gasteiger partial charge in [-0.2, -0.15) is 23.3 Å². The lowest BCUT2D eigenvalue weighted by Gasteiger charge is -2.38. The second-order valence-corrected chi connectivity index (χ2v) is 7.80. The molecule has 1 saturated carbocycles. The van der Waals surface area contributed by atoms with Gasteiger partial charge in [0, 0.05) is 5.71 Å². The second kappa shape index (κ2) is 7.39. The lowest BCUT2D eigenvalue weighted by molar-refractivity contribution is -0.317. The van der Waals surface area contributed by atoms with Crippen LogP contribution in [0.25, 0.3) is 0 Å². The summed E-state index contributed by atoms with van der Waals surface area (Å²) in [6, 6.07) is 5.52. The fourth-order valence-corrected chi connectivity index (χ4v) is 3.91. The molecule has 1 aliphatic carbocycles. The number of benzene rings is 1. The Hall–Kier alpha value is -2.09. The third kappa shape index (κ3) is 3.50. The van der Waals surface area contributed by atoms with E-state index in [1.54, 1.807) is 6.07 Å². The summed E-state index contributed by atoms with van der Waals surface area (Å²) in [4.78, 5) is 12.6. The summed E-state index contributed by atoms with van der Waals surface area (Å²) >= 11 is 0. The van der Waals surface area contributed by atoms with E-state index in [0.717, 1.165) is 11.1 Å². The Labute approximate surface area is 162 Å². The molecule has 0 spiro atoms. The van der Waals surface area contributed by atoms with Gasteiger partial charge in [0.1, 0.15) is 5.75 Å². The van der Waals surface area contributed by atoms with Gasteiger partial charge in [0.05, 0.1) is 5.92 Å². The zero-order valence-electron chi connectivity index (χ0n) is 16.2. The highest BCUT2D eigenvalue weighted by Gasteiger charge is 2.68. The van der Waals surface area contributed by atoms with E-state index in [0.29, 0.717) is 25.0 Å². The Morgan fingerprint density at radius 2 is 2.11 bits per heavy atom. The van der Waals surface area contributed by atoms with E-state index in [9.17, 15) is 23.1 Å². The Bertz CT molecular complexity index is 791. The van der Waals surface area contributed by atoms with Crippen molar-refractivity contribution >= 4 is 11.6 Å². The van der Waals surface area contributed by atoms with E-state index in [1.165, 1.54) is 0 Å². The van der Waals surface area contributed by atoms with E-state index in [2.05, 4.69) is 5.10 Å². The van der Waals surface area contributed by atoms with Crippen LogP contribution in [0, 0.1) is 12.8 Å². The Morgan fingerprint density at radius 3 is 2.75 bits per heavy atom. The highest BCUT2D eigenvalue weighted by atomic mass is 19.4. The highest BCUT2D eigenvalue weighted by molar-refractivity contribution is 5.93. The van der Waals surface area contributed by atoms with E-state index in [-0.39, 0.29) is 23.1 Å². The molecule has 1 aromatic carbocycles. The number of amides is 1. The molecule has 0 saturated heterocycles. The monoisotopic (exact) mass is 398 g/mol. The van der Waals surface area contributed by atoms with Crippen molar-refractivity contribution < 1.29 is 27.8 Å². The van der Waals surface area contributed by atoms with Gasteiger partial charge in [-0.3, -0.25) is 4.79 Å². The average molecular weight is 398 g/mol. The number of nitrogens with zero attached hydrogens (tertiary/aromatic N) is 2. The van der Waals surface area contributed by atoms with Crippen LogP contribution < -0.4 is 4.74 Å². The number of hydrogen-bond acceptors (Lipinski definition) is 4. The first kappa shape index (κ1) is 20.6. The molecule has 2 atom stereocenters. The van der Waals surface area contributed by atoms with Crippen LogP contribution >= 0.6 is 0 Å². The number of aryl methyl sites for hydroxylation is 1. The molecule has 5 nitrogen and oxygen atoms in total. The van der Waals surface area contributed by atoms with Crippen LogP contribution in [0.3, 0.4) is 0 Å². The van der Waals surface area contributed by atoms with Crippen LogP contribution in [-0.4, -0.2) is 40.2 Å². The summed E-state index contributed by atoms with van der Waals surface area (Å²) in [7, 11) is 0. The molecule has 1 amide bonds. The fourth-order valence-electron chi connectivity index (χ4n) is 3.91. The SMILES string of the molecule is Cc1ccc(C(C)C)c(OCC(=O)N2N=C3CCCC[C@@H]3[C@]2(O)C(F)(F)F)c1. The van der Waals surface area contributed by atoms with Crippen molar-refractivity contribution in [1.82, 2.24) is 5.01 Å². The summed E-state index contributed by atoms with van der Waals surface area (Å²) in [5.74, 6) is -1.66. The van der Waals surface area contributed by atoms with Gasteiger partial charge in [-0.25, -0.2) is 0 Å². The molecule has 0 unspecified atom stereocenters. The molecule has 1 heterocycles. The molecule has 1 N–H and O–H groups in total. The first-order chi connectivity index (χ1) is 13.1. The molecule has 3 rings (SSSR count). The number of hydrazone groups is 1. The number of rotatable bonds is 4. The molecular weight excluding hydrogens is 373 g/mol. The molecule has 1 aromatic rings. The minimum Gasteiger partial charge on any atom is -0.483 e. The lowest BCUT2D eigenvalue weighted by Crippen LogP contribution is -2.62. The van der Waals surface area contributed by atoms with Gasteiger partial charge in [-0.1, -0.05) is 32.4 Å². The molecule has 0 radical (unpaired) electrons. The van der Waals surface area contributed by atoms with E-state index < -0.39 is 30.3 Å². The summed E-state index contributed by atoms with van der Waals surface area (Å²) in [5, 5.41) is 14.6. The molecule has 154 valence electrons. The predicted molar refractivity (Wildman–Crippen MR) is 98.0 cm³/mol. The molecular formula is C20H25F3N2O3. The Kier molecular flexibility index (Phi) is 5.44. The number of fused-ring (bicyclic) bond motifs is 1. The second-order valence-electron chi connectivity index (χ2n) is 7.80. The van der Waals surface area contributed by atoms with Crippen molar-refractivity contribution in [3.8, 4) is 5.75 Å². The molecule has 1 fully saturated rings. The molecule has 28 heavy (non-hydrogen) atoms. The van der Waals surface area contributed by atoms with E-state index in [1.807, 2.05) is 32.9 Å². The highest BCUT2D eigenvalue weighted by Crippen LogP contribution is 2.48. The average Bonchev–Trinajstić information content (AvgIpc) is 2.94. The number of ether oxygens (including phenoxy) is 1. The van der Waals surface area contributed by atoms with Gasteiger partial charge < -0.3 is 9.84 Å². The van der Waals surface area contributed by atoms with Crippen LogP contribution in [0.5, 0.6) is 5.75 Å². The topological polar surface area (TPSA) is 62.1 Å².